The number of nitrogens with one attached hydrogen (secondary N) is 1. The fourth-order valence-electron chi connectivity index (χ4n) is 2.66. The summed E-state index contributed by atoms with van der Waals surface area (Å²) < 4.78 is 0. The highest BCUT2D eigenvalue weighted by atomic mass is 15.1. The molecule has 1 saturated heterocycles. The lowest BCUT2D eigenvalue weighted by Gasteiger charge is -2.36. The molecule has 0 aromatic heterocycles. The van der Waals surface area contributed by atoms with Crippen molar-refractivity contribution in [2.45, 2.75) is 51.6 Å². The number of nitrogens with zero attached hydrogens (tertiary/aromatic N) is 1. The van der Waals surface area contributed by atoms with E-state index in [1.165, 1.54) is 38.8 Å². The minimum Gasteiger partial charge on any atom is -0.314 e. The zero-order valence-corrected chi connectivity index (χ0v) is 10.5. The van der Waals surface area contributed by atoms with E-state index in [0.29, 0.717) is 0 Å². The molecule has 88 valence electrons. The first-order chi connectivity index (χ1) is 7.16. The molecule has 1 heterocycles. The van der Waals surface area contributed by atoms with E-state index in [1.807, 2.05) is 0 Å². The molecule has 15 heavy (non-hydrogen) atoms. The fraction of sp³-hybridized carbons (Fsp3) is 1.00. The van der Waals surface area contributed by atoms with Crippen LogP contribution in [0, 0.1) is 11.8 Å². The van der Waals surface area contributed by atoms with Gasteiger partial charge in [0.15, 0.2) is 0 Å². The van der Waals surface area contributed by atoms with Crippen LogP contribution in [0.15, 0.2) is 0 Å². The zero-order valence-electron chi connectivity index (χ0n) is 10.5. The van der Waals surface area contributed by atoms with E-state index in [2.05, 4.69) is 31.1 Å². The molecule has 0 aromatic rings. The molecule has 1 saturated carbocycles. The molecule has 3 atom stereocenters. The van der Waals surface area contributed by atoms with Gasteiger partial charge in [0, 0.05) is 12.1 Å². The first kappa shape index (κ1) is 11.4. The third-order valence-corrected chi connectivity index (χ3v) is 4.36. The van der Waals surface area contributed by atoms with Crippen molar-refractivity contribution in [3.63, 3.8) is 0 Å². The highest BCUT2D eigenvalue weighted by Gasteiger charge is 2.29. The highest BCUT2D eigenvalue weighted by molar-refractivity contribution is 4.84. The Balaban J connectivity index is 1.66. The second-order valence-electron chi connectivity index (χ2n) is 5.77. The molecule has 0 bridgehead atoms. The molecule has 1 N–H and O–H groups in total. The van der Waals surface area contributed by atoms with E-state index in [0.717, 1.165) is 23.9 Å². The summed E-state index contributed by atoms with van der Waals surface area (Å²) in [5.74, 6) is 1.95. The summed E-state index contributed by atoms with van der Waals surface area (Å²) in [6.07, 6.45) is 5.62. The smallest absolute Gasteiger partial charge is 0.00941 e. The summed E-state index contributed by atoms with van der Waals surface area (Å²) in [6, 6.07) is 1.53. The van der Waals surface area contributed by atoms with Gasteiger partial charge in [0.25, 0.3) is 0 Å². The van der Waals surface area contributed by atoms with Crippen LogP contribution in [0.5, 0.6) is 0 Å². The lowest BCUT2D eigenvalue weighted by Crippen LogP contribution is -2.46. The van der Waals surface area contributed by atoms with Crippen molar-refractivity contribution in [1.82, 2.24) is 10.2 Å². The van der Waals surface area contributed by atoms with Gasteiger partial charge < -0.3 is 10.2 Å². The van der Waals surface area contributed by atoms with Gasteiger partial charge in [-0.2, -0.15) is 0 Å². The Bertz CT molecular complexity index is 201. The van der Waals surface area contributed by atoms with Crippen LogP contribution in [-0.4, -0.2) is 37.1 Å². The Morgan fingerprint density at radius 2 is 2.07 bits per heavy atom. The van der Waals surface area contributed by atoms with Gasteiger partial charge in [0.2, 0.25) is 0 Å². The van der Waals surface area contributed by atoms with E-state index in [9.17, 15) is 0 Å². The fourth-order valence-corrected chi connectivity index (χ4v) is 2.66. The molecule has 2 aliphatic rings. The molecule has 2 fully saturated rings. The molecular formula is C13H26N2. The van der Waals surface area contributed by atoms with E-state index in [4.69, 9.17) is 0 Å². The van der Waals surface area contributed by atoms with Gasteiger partial charge in [-0.3, -0.25) is 0 Å². The van der Waals surface area contributed by atoms with Crippen LogP contribution < -0.4 is 5.32 Å². The van der Waals surface area contributed by atoms with Crippen LogP contribution in [0.1, 0.15) is 39.5 Å². The quantitative estimate of drug-likeness (QED) is 0.764. The summed E-state index contributed by atoms with van der Waals surface area (Å²) in [5, 5.41) is 3.77. The molecule has 3 unspecified atom stereocenters. The Morgan fingerprint density at radius 3 is 2.67 bits per heavy atom. The third kappa shape index (κ3) is 3.18. The van der Waals surface area contributed by atoms with Crippen molar-refractivity contribution in [3.05, 3.63) is 0 Å². The zero-order chi connectivity index (χ0) is 10.8. The van der Waals surface area contributed by atoms with Crippen LogP contribution >= 0.6 is 0 Å². The van der Waals surface area contributed by atoms with E-state index >= 15 is 0 Å². The number of rotatable bonds is 4. The molecule has 1 aliphatic carbocycles. The third-order valence-electron chi connectivity index (χ3n) is 4.36. The maximum Gasteiger partial charge on any atom is 0.00941 e. The molecule has 0 amide bonds. The van der Waals surface area contributed by atoms with Gasteiger partial charge in [0.05, 0.1) is 0 Å². The van der Waals surface area contributed by atoms with Crippen molar-refractivity contribution in [3.8, 4) is 0 Å². The highest BCUT2D eigenvalue weighted by Crippen LogP contribution is 2.36. The second-order valence-corrected chi connectivity index (χ2v) is 5.77. The van der Waals surface area contributed by atoms with Crippen LogP contribution in [0.4, 0.5) is 0 Å². The van der Waals surface area contributed by atoms with Crippen molar-refractivity contribution in [2.75, 3.05) is 20.1 Å². The maximum absolute atomic E-state index is 3.77. The number of likely N-dealkylation sites (tertiary alicyclic amines) is 1. The molecule has 0 spiro atoms. The number of hydrogen-bond donors (Lipinski definition) is 1. The summed E-state index contributed by atoms with van der Waals surface area (Å²) >= 11 is 0. The average molecular weight is 210 g/mol. The van der Waals surface area contributed by atoms with Gasteiger partial charge in [-0.1, -0.05) is 6.92 Å². The van der Waals surface area contributed by atoms with Crippen LogP contribution in [0.25, 0.3) is 0 Å². The summed E-state index contributed by atoms with van der Waals surface area (Å²) in [7, 11) is 2.24. The first-order valence-corrected chi connectivity index (χ1v) is 6.60. The van der Waals surface area contributed by atoms with E-state index in [-0.39, 0.29) is 0 Å². The van der Waals surface area contributed by atoms with Gasteiger partial charge in [-0.05, 0) is 64.6 Å². The maximum atomic E-state index is 3.77. The van der Waals surface area contributed by atoms with Crippen LogP contribution in [0.3, 0.4) is 0 Å². The normalized spacial score (nSPS) is 35.4. The molecule has 0 aromatic carbocycles. The Kier molecular flexibility index (Phi) is 3.68. The Hall–Kier alpha value is -0.0800. The monoisotopic (exact) mass is 210 g/mol. The minimum atomic E-state index is 0.757. The minimum absolute atomic E-state index is 0.757. The largest absolute Gasteiger partial charge is 0.314 e. The standard InChI is InChI=1S/C13H26N2/c1-10(12-4-5-12)9-14-13-6-7-15(3)11(2)8-13/h10-14H,4-9H2,1-3H3. The number of piperidine rings is 1. The summed E-state index contributed by atoms with van der Waals surface area (Å²) in [6.45, 7) is 7.25. The topological polar surface area (TPSA) is 15.3 Å². The molecular weight excluding hydrogens is 184 g/mol. The Morgan fingerprint density at radius 1 is 1.33 bits per heavy atom. The summed E-state index contributed by atoms with van der Waals surface area (Å²) in [5.41, 5.74) is 0. The van der Waals surface area contributed by atoms with Crippen LogP contribution in [0.2, 0.25) is 0 Å². The Labute approximate surface area is 94.4 Å². The summed E-state index contributed by atoms with van der Waals surface area (Å²) in [4.78, 5) is 2.47. The van der Waals surface area contributed by atoms with Gasteiger partial charge >= 0.3 is 0 Å². The molecule has 0 radical (unpaired) electrons. The SMILES string of the molecule is CC(CNC1CCN(C)C(C)C1)C1CC1. The molecule has 2 nitrogen and oxygen atoms in total. The van der Waals surface area contributed by atoms with Crippen molar-refractivity contribution < 1.29 is 0 Å². The van der Waals surface area contributed by atoms with E-state index in [1.54, 1.807) is 0 Å². The van der Waals surface area contributed by atoms with Crippen LogP contribution in [-0.2, 0) is 0 Å². The first-order valence-electron chi connectivity index (χ1n) is 6.60. The molecule has 2 heteroatoms. The van der Waals surface area contributed by atoms with Crippen molar-refractivity contribution >= 4 is 0 Å². The van der Waals surface area contributed by atoms with Gasteiger partial charge in [0.1, 0.15) is 0 Å². The van der Waals surface area contributed by atoms with Gasteiger partial charge in [-0.25, -0.2) is 0 Å². The number of hydrogen-bond acceptors (Lipinski definition) is 2. The van der Waals surface area contributed by atoms with E-state index < -0.39 is 0 Å². The predicted octanol–water partition coefficient (Wildman–Crippen LogP) is 2.10. The molecule has 1 aliphatic heterocycles. The van der Waals surface area contributed by atoms with Crippen molar-refractivity contribution in [2.24, 2.45) is 11.8 Å². The lowest BCUT2D eigenvalue weighted by atomic mass is 9.98. The lowest BCUT2D eigenvalue weighted by molar-refractivity contribution is 0.165. The average Bonchev–Trinajstić information content (AvgIpc) is 3.03. The predicted molar refractivity (Wildman–Crippen MR) is 65.0 cm³/mol. The molecule has 2 rings (SSSR count). The second kappa shape index (κ2) is 4.84. The van der Waals surface area contributed by atoms with Crippen molar-refractivity contribution in [1.29, 1.82) is 0 Å². The van der Waals surface area contributed by atoms with Gasteiger partial charge in [-0.15, -0.1) is 0 Å².